The average Bonchev–Trinajstić information content (AvgIpc) is 3.43. The van der Waals surface area contributed by atoms with Gasteiger partial charge in [-0.3, -0.25) is 10.1 Å². The number of fused-ring (bicyclic) bond motifs is 1. The number of hydrogen-bond acceptors (Lipinski definition) is 6. The van der Waals surface area contributed by atoms with E-state index in [2.05, 4.69) is 17.2 Å². The van der Waals surface area contributed by atoms with Crippen molar-refractivity contribution in [3.63, 3.8) is 0 Å². The number of carbonyl (C=O) groups is 1. The van der Waals surface area contributed by atoms with Gasteiger partial charge in [0.15, 0.2) is 22.2 Å². The van der Waals surface area contributed by atoms with Gasteiger partial charge in [0, 0.05) is 16.3 Å². The Bertz CT molecular complexity index is 1180. The first-order valence-corrected chi connectivity index (χ1v) is 11.1. The summed E-state index contributed by atoms with van der Waals surface area (Å²) in [6.45, 7) is 2.80. The predicted molar refractivity (Wildman–Crippen MR) is 123 cm³/mol. The molecule has 0 aliphatic rings. The fraction of sp³-hybridized carbons (Fsp3) is 0.250. The highest BCUT2D eigenvalue weighted by Gasteiger charge is 2.15. The van der Waals surface area contributed by atoms with Crippen LogP contribution in [0.2, 0.25) is 0 Å². The van der Waals surface area contributed by atoms with Crippen LogP contribution in [0.1, 0.15) is 36.5 Å². The van der Waals surface area contributed by atoms with Crippen LogP contribution in [-0.2, 0) is 0 Å². The van der Waals surface area contributed by atoms with Crippen LogP contribution >= 0.6 is 11.3 Å². The Morgan fingerprint density at radius 1 is 1.16 bits per heavy atom. The summed E-state index contributed by atoms with van der Waals surface area (Å²) in [6.07, 6.45) is 3.27. The number of thiazole rings is 1. The molecule has 4 aromatic rings. The largest absolute Gasteiger partial charge is 0.494 e. The number of methoxy groups -OCH3 is 1. The standard InChI is InChI=1S/C24H24N2O4S/c1-3-4-5-12-29-18-10-6-9-17(13-18)23(27)26-24-25-19(15-31-24)21-14-16-8-7-11-20(28-2)22(16)30-21/h6-11,13-15H,3-5,12H2,1-2H3,(H,25,26,27). The van der Waals surface area contributed by atoms with Crippen molar-refractivity contribution < 1.29 is 18.7 Å². The number of hydrogen-bond donors (Lipinski definition) is 1. The number of anilines is 1. The molecule has 0 fully saturated rings. The number of para-hydroxylation sites is 1. The van der Waals surface area contributed by atoms with E-state index in [0.717, 1.165) is 24.6 Å². The summed E-state index contributed by atoms with van der Waals surface area (Å²) in [5, 5.41) is 6.14. The highest BCUT2D eigenvalue weighted by Crippen LogP contribution is 2.34. The molecule has 0 saturated carbocycles. The van der Waals surface area contributed by atoms with Crippen molar-refractivity contribution >= 4 is 33.3 Å². The first-order chi connectivity index (χ1) is 15.2. The lowest BCUT2D eigenvalue weighted by Crippen LogP contribution is -2.11. The van der Waals surface area contributed by atoms with Crippen LogP contribution in [0.25, 0.3) is 22.4 Å². The number of aromatic nitrogens is 1. The second-order valence-corrected chi connectivity index (χ2v) is 7.92. The zero-order chi connectivity index (χ0) is 21.6. The summed E-state index contributed by atoms with van der Waals surface area (Å²) in [5.41, 5.74) is 1.86. The zero-order valence-electron chi connectivity index (χ0n) is 17.5. The van der Waals surface area contributed by atoms with Gasteiger partial charge in [-0.1, -0.05) is 38.0 Å². The van der Waals surface area contributed by atoms with E-state index in [4.69, 9.17) is 13.9 Å². The van der Waals surface area contributed by atoms with Gasteiger partial charge in [0.2, 0.25) is 0 Å². The molecule has 0 atom stereocenters. The Labute approximate surface area is 184 Å². The molecule has 0 spiro atoms. The van der Waals surface area contributed by atoms with E-state index >= 15 is 0 Å². The summed E-state index contributed by atoms with van der Waals surface area (Å²) in [7, 11) is 1.61. The Kier molecular flexibility index (Phi) is 6.52. The minimum absolute atomic E-state index is 0.230. The molecule has 0 radical (unpaired) electrons. The molecular formula is C24H24N2O4S. The molecule has 160 valence electrons. The summed E-state index contributed by atoms with van der Waals surface area (Å²) in [5.74, 6) is 1.76. The molecule has 0 unspecified atom stereocenters. The van der Waals surface area contributed by atoms with Crippen LogP contribution < -0.4 is 14.8 Å². The molecule has 2 heterocycles. The van der Waals surface area contributed by atoms with Crippen LogP contribution in [0.4, 0.5) is 5.13 Å². The number of nitrogens with zero attached hydrogens (tertiary/aromatic N) is 1. The third-order valence-corrected chi connectivity index (χ3v) is 5.58. The van der Waals surface area contributed by atoms with Gasteiger partial charge >= 0.3 is 0 Å². The maximum absolute atomic E-state index is 12.7. The topological polar surface area (TPSA) is 73.6 Å². The van der Waals surface area contributed by atoms with Crippen LogP contribution in [0.3, 0.4) is 0 Å². The molecule has 31 heavy (non-hydrogen) atoms. The van der Waals surface area contributed by atoms with Crippen LogP contribution in [-0.4, -0.2) is 24.6 Å². The van der Waals surface area contributed by atoms with Gasteiger partial charge in [-0.15, -0.1) is 11.3 Å². The molecule has 1 N–H and O–H groups in total. The third kappa shape index (κ3) is 4.88. The molecule has 1 amide bonds. The van der Waals surface area contributed by atoms with Crippen LogP contribution in [0.15, 0.2) is 58.3 Å². The SMILES string of the molecule is CCCCCOc1cccc(C(=O)Nc2nc(-c3cc4cccc(OC)c4o3)cs2)c1. The normalized spacial score (nSPS) is 10.9. The smallest absolute Gasteiger partial charge is 0.257 e. The first-order valence-electron chi connectivity index (χ1n) is 10.2. The zero-order valence-corrected chi connectivity index (χ0v) is 18.3. The van der Waals surface area contributed by atoms with Gasteiger partial charge in [-0.25, -0.2) is 4.98 Å². The minimum Gasteiger partial charge on any atom is -0.494 e. The molecule has 6 nitrogen and oxygen atoms in total. The second-order valence-electron chi connectivity index (χ2n) is 7.06. The number of nitrogens with one attached hydrogen (secondary N) is 1. The maximum Gasteiger partial charge on any atom is 0.257 e. The lowest BCUT2D eigenvalue weighted by atomic mass is 10.2. The number of benzene rings is 2. The highest BCUT2D eigenvalue weighted by molar-refractivity contribution is 7.14. The van der Waals surface area contributed by atoms with Gasteiger partial charge < -0.3 is 13.9 Å². The average molecular weight is 437 g/mol. The molecule has 7 heteroatoms. The Balaban J connectivity index is 1.45. The number of carbonyl (C=O) groups excluding carboxylic acids is 1. The van der Waals surface area contributed by atoms with E-state index < -0.39 is 0 Å². The summed E-state index contributed by atoms with van der Waals surface area (Å²) in [4.78, 5) is 17.2. The van der Waals surface area contributed by atoms with E-state index in [1.54, 1.807) is 19.2 Å². The van der Waals surface area contributed by atoms with Crippen molar-refractivity contribution in [3.8, 4) is 23.0 Å². The van der Waals surface area contributed by atoms with E-state index in [-0.39, 0.29) is 5.91 Å². The molecule has 0 aliphatic carbocycles. The molecule has 2 aromatic heterocycles. The Morgan fingerprint density at radius 3 is 2.87 bits per heavy atom. The number of amides is 1. The Morgan fingerprint density at radius 2 is 2.03 bits per heavy atom. The maximum atomic E-state index is 12.7. The predicted octanol–water partition coefficient (Wildman–Crippen LogP) is 6.39. The van der Waals surface area contributed by atoms with E-state index in [9.17, 15) is 4.79 Å². The molecule has 0 saturated heterocycles. The van der Waals surface area contributed by atoms with Gasteiger partial charge in [-0.2, -0.15) is 0 Å². The molecule has 2 aromatic carbocycles. The van der Waals surface area contributed by atoms with E-state index in [1.807, 2.05) is 41.8 Å². The van der Waals surface area contributed by atoms with Crippen molar-refractivity contribution in [2.45, 2.75) is 26.2 Å². The van der Waals surface area contributed by atoms with Gasteiger partial charge in [0.25, 0.3) is 5.91 Å². The summed E-state index contributed by atoms with van der Waals surface area (Å²) >= 11 is 1.35. The summed E-state index contributed by atoms with van der Waals surface area (Å²) in [6, 6.07) is 14.8. The summed E-state index contributed by atoms with van der Waals surface area (Å²) < 4.78 is 17.0. The quantitative estimate of drug-likeness (QED) is 0.308. The van der Waals surface area contributed by atoms with Crippen molar-refractivity contribution in [3.05, 3.63) is 59.5 Å². The van der Waals surface area contributed by atoms with Crippen molar-refractivity contribution in [2.24, 2.45) is 0 Å². The highest BCUT2D eigenvalue weighted by atomic mass is 32.1. The monoisotopic (exact) mass is 436 g/mol. The molecular weight excluding hydrogens is 412 g/mol. The lowest BCUT2D eigenvalue weighted by molar-refractivity contribution is 0.102. The fourth-order valence-electron chi connectivity index (χ4n) is 3.21. The molecule has 4 rings (SSSR count). The number of ether oxygens (including phenoxy) is 2. The lowest BCUT2D eigenvalue weighted by Gasteiger charge is -2.07. The van der Waals surface area contributed by atoms with Crippen molar-refractivity contribution in [1.29, 1.82) is 0 Å². The van der Waals surface area contributed by atoms with E-state index in [0.29, 0.717) is 45.8 Å². The number of rotatable bonds is 9. The van der Waals surface area contributed by atoms with Gasteiger partial charge in [0.1, 0.15) is 11.4 Å². The van der Waals surface area contributed by atoms with Crippen LogP contribution in [0, 0.1) is 0 Å². The van der Waals surface area contributed by atoms with Crippen molar-refractivity contribution in [2.75, 3.05) is 19.0 Å². The fourth-order valence-corrected chi connectivity index (χ4v) is 3.90. The number of furan rings is 1. The Hall–Kier alpha value is -3.32. The van der Waals surface area contributed by atoms with Crippen LogP contribution in [0.5, 0.6) is 11.5 Å². The second kappa shape index (κ2) is 9.66. The van der Waals surface area contributed by atoms with Gasteiger partial charge in [-0.05, 0) is 36.8 Å². The van der Waals surface area contributed by atoms with E-state index in [1.165, 1.54) is 11.3 Å². The molecule has 0 aliphatic heterocycles. The minimum atomic E-state index is -0.230. The third-order valence-electron chi connectivity index (χ3n) is 4.82. The van der Waals surface area contributed by atoms with Crippen molar-refractivity contribution in [1.82, 2.24) is 4.98 Å². The molecule has 0 bridgehead atoms. The first kappa shape index (κ1) is 20.9. The number of unbranched alkanes of at least 4 members (excludes halogenated alkanes) is 2. The van der Waals surface area contributed by atoms with Gasteiger partial charge in [0.05, 0.1) is 13.7 Å².